The quantitative estimate of drug-likeness (QED) is 0.760. The Morgan fingerprint density at radius 3 is 2.84 bits per heavy atom. The molecule has 0 saturated heterocycles. The topological polar surface area (TPSA) is 74.5 Å². The van der Waals surface area contributed by atoms with E-state index in [0.29, 0.717) is 13.1 Å². The second-order valence-electron chi connectivity index (χ2n) is 4.37. The van der Waals surface area contributed by atoms with Crippen LogP contribution in [0, 0.1) is 0 Å². The fourth-order valence-electron chi connectivity index (χ4n) is 2.25. The number of fused-ring (bicyclic) bond motifs is 1. The summed E-state index contributed by atoms with van der Waals surface area (Å²) in [5.74, 6) is 0.983. The van der Waals surface area contributed by atoms with E-state index in [2.05, 4.69) is 32.9 Å². The van der Waals surface area contributed by atoms with Crippen LogP contribution in [0.2, 0.25) is 0 Å². The van der Waals surface area contributed by atoms with Crippen LogP contribution in [0.3, 0.4) is 0 Å². The van der Waals surface area contributed by atoms with Gasteiger partial charge in [-0.3, -0.25) is 0 Å². The van der Waals surface area contributed by atoms with E-state index in [1.807, 2.05) is 24.4 Å². The predicted molar refractivity (Wildman–Crippen MR) is 72.4 cm³/mol. The van der Waals surface area contributed by atoms with Gasteiger partial charge < -0.3 is 10.3 Å². The Hall–Kier alpha value is -2.21. The van der Waals surface area contributed by atoms with Crippen molar-refractivity contribution in [3.63, 3.8) is 0 Å². The molecule has 3 rings (SSSR count). The van der Waals surface area contributed by atoms with Gasteiger partial charge in [0, 0.05) is 13.1 Å². The molecule has 98 valence electrons. The van der Waals surface area contributed by atoms with E-state index in [-0.39, 0.29) is 0 Å². The van der Waals surface area contributed by atoms with Crippen molar-refractivity contribution < 1.29 is 0 Å². The number of benzene rings is 1. The molecule has 0 fully saturated rings. The van der Waals surface area contributed by atoms with Crippen molar-refractivity contribution in [1.82, 2.24) is 24.5 Å². The maximum Gasteiger partial charge on any atom is 0.131 e. The van der Waals surface area contributed by atoms with Crippen LogP contribution in [-0.4, -0.2) is 24.5 Å². The van der Waals surface area contributed by atoms with E-state index in [9.17, 15) is 0 Å². The molecule has 0 atom stereocenters. The number of imidazole rings is 1. The lowest BCUT2D eigenvalue weighted by Crippen LogP contribution is -2.08. The molecule has 0 spiro atoms. The number of rotatable bonds is 4. The normalized spacial score (nSPS) is 11.3. The Bertz CT molecular complexity index is 696. The number of aryl methyl sites for hydroxylation is 1. The van der Waals surface area contributed by atoms with Gasteiger partial charge >= 0.3 is 0 Å². The summed E-state index contributed by atoms with van der Waals surface area (Å²) in [6, 6.07) is 8.14. The van der Waals surface area contributed by atoms with E-state index in [1.54, 1.807) is 4.68 Å². The fraction of sp³-hybridized carbons (Fsp3) is 0.308. The summed E-state index contributed by atoms with van der Waals surface area (Å²) in [6.45, 7) is 4.01. The first-order chi connectivity index (χ1) is 9.31. The zero-order chi connectivity index (χ0) is 13.2. The highest BCUT2D eigenvalue weighted by Crippen LogP contribution is 2.16. The van der Waals surface area contributed by atoms with Crippen molar-refractivity contribution in [3.8, 4) is 0 Å². The van der Waals surface area contributed by atoms with Crippen molar-refractivity contribution in [2.75, 3.05) is 0 Å². The molecule has 0 aliphatic carbocycles. The molecule has 0 aliphatic rings. The summed E-state index contributed by atoms with van der Waals surface area (Å²) in [5.41, 5.74) is 8.49. The van der Waals surface area contributed by atoms with Gasteiger partial charge in [-0.2, -0.15) is 0 Å². The highest BCUT2D eigenvalue weighted by atomic mass is 15.4. The van der Waals surface area contributed by atoms with Crippen LogP contribution in [0.4, 0.5) is 0 Å². The second-order valence-corrected chi connectivity index (χ2v) is 4.37. The third kappa shape index (κ3) is 2.10. The Morgan fingerprint density at radius 2 is 2.11 bits per heavy atom. The summed E-state index contributed by atoms with van der Waals surface area (Å²) < 4.78 is 3.97. The monoisotopic (exact) mass is 256 g/mol. The molecule has 0 unspecified atom stereocenters. The van der Waals surface area contributed by atoms with Crippen molar-refractivity contribution in [2.45, 2.75) is 26.6 Å². The van der Waals surface area contributed by atoms with Gasteiger partial charge in [0.05, 0.1) is 22.9 Å². The molecule has 6 heteroatoms. The van der Waals surface area contributed by atoms with Gasteiger partial charge in [-0.15, -0.1) is 5.10 Å². The highest BCUT2D eigenvalue weighted by molar-refractivity contribution is 5.75. The lowest BCUT2D eigenvalue weighted by molar-refractivity contribution is 0.594. The summed E-state index contributed by atoms with van der Waals surface area (Å²) in [4.78, 5) is 4.66. The molecule has 0 amide bonds. The molecule has 2 N–H and O–H groups in total. The van der Waals surface area contributed by atoms with Crippen molar-refractivity contribution >= 4 is 11.0 Å². The molecule has 0 aliphatic heterocycles. The summed E-state index contributed by atoms with van der Waals surface area (Å²) in [5, 5.41) is 8.05. The van der Waals surface area contributed by atoms with Crippen LogP contribution >= 0.6 is 0 Å². The van der Waals surface area contributed by atoms with E-state index in [1.165, 1.54) is 0 Å². The van der Waals surface area contributed by atoms with E-state index in [4.69, 9.17) is 5.73 Å². The van der Waals surface area contributed by atoms with Gasteiger partial charge in [-0.1, -0.05) is 17.3 Å². The molecular weight excluding hydrogens is 240 g/mol. The average Bonchev–Trinajstić information content (AvgIpc) is 3.02. The molecule has 2 aromatic heterocycles. The Balaban J connectivity index is 1.99. The van der Waals surface area contributed by atoms with Crippen LogP contribution in [0.5, 0.6) is 0 Å². The Morgan fingerprint density at radius 1 is 1.26 bits per heavy atom. The number of para-hydroxylation sites is 2. The molecule has 0 saturated carbocycles. The number of hydrogen-bond donors (Lipinski definition) is 1. The Kier molecular flexibility index (Phi) is 3.00. The Labute approximate surface area is 110 Å². The third-order valence-electron chi connectivity index (χ3n) is 3.15. The van der Waals surface area contributed by atoms with Gasteiger partial charge in [-0.25, -0.2) is 9.67 Å². The standard InChI is InChI=1S/C13H16N6/c1-2-19-12-6-4-3-5-11(12)15-13(19)9-18-8-10(7-14)16-17-18/h3-6,8H,2,7,9,14H2,1H3. The van der Waals surface area contributed by atoms with Gasteiger partial charge in [0.25, 0.3) is 0 Å². The smallest absolute Gasteiger partial charge is 0.131 e. The lowest BCUT2D eigenvalue weighted by Gasteiger charge is -2.05. The van der Waals surface area contributed by atoms with E-state index < -0.39 is 0 Å². The van der Waals surface area contributed by atoms with Gasteiger partial charge in [-0.05, 0) is 19.1 Å². The predicted octanol–water partition coefficient (Wildman–Crippen LogP) is 1.15. The molecular formula is C13H16N6. The van der Waals surface area contributed by atoms with Crippen molar-refractivity contribution in [2.24, 2.45) is 5.73 Å². The number of aromatic nitrogens is 5. The largest absolute Gasteiger partial charge is 0.327 e. The third-order valence-corrected chi connectivity index (χ3v) is 3.15. The molecule has 2 heterocycles. The number of nitrogens with two attached hydrogens (primary N) is 1. The minimum absolute atomic E-state index is 0.407. The molecule has 0 bridgehead atoms. The van der Waals surface area contributed by atoms with Crippen LogP contribution in [0.15, 0.2) is 30.5 Å². The lowest BCUT2D eigenvalue weighted by atomic mass is 10.3. The first kappa shape index (κ1) is 11.9. The van der Waals surface area contributed by atoms with E-state index in [0.717, 1.165) is 29.1 Å². The van der Waals surface area contributed by atoms with Crippen LogP contribution < -0.4 is 5.73 Å². The van der Waals surface area contributed by atoms with Crippen molar-refractivity contribution in [3.05, 3.63) is 42.0 Å². The maximum absolute atomic E-state index is 5.54. The van der Waals surface area contributed by atoms with Gasteiger partial charge in [0.2, 0.25) is 0 Å². The number of nitrogens with zero attached hydrogens (tertiary/aromatic N) is 5. The molecule has 1 aromatic carbocycles. The zero-order valence-corrected chi connectivity index (χ0v) is 10.8. The molecule has 19 heavy (non-hydrogen) atoms. The maximum atomic E-state index is 5.54. The minimum atomic E-state index is 0.407. The first-order valence-electron chi connectivity index (χ1n) is 6.35. The van der Waals surface area contributed by atoms with Crippen LogP contribution in [0.25, 0.3) is 11.0 Å². The summed E-state index contributed by atoms with van der Waals surface area (Å²) >= 11 is 0. The SMILES string of the molecule is CCn1c(Cn2cc(CN)nn2)nc2ccccc21. The average molecular weight is 256 g/mol. The minimum Gasteiger partial charge on any atom is -0.327 e. The molecule has 0 radical (unpaired) electrons. The zero-order valence-electron chi connectivity index (χ0n) is 10.8. The van der Waals surface area contributed by atoms with Gasteiger partial charge in [0.15, 0.2) is 0 Å². The summed E-state index contributed by atoms with van der Waals surface area (Å²) in [7, 11) is 0. The fourth-order valence-corrected chi connectivity index (χ4v) is 2.25. The van der Waals surface area contributed by atoms with Crippen molar-refractivity contribution in [1.29, 1.82) is 0 Å². The van der Waals surface area contributed by atoms with Crippen LogP contribution in [0.1, 0.15) is 18.4 Å². The van der Waals surface area contributed by atoms with Crippen LogP contribution in [-0.2, 0) is 19.6 Å². The van der Waals surface area contributed by atoms with Gasteiger partial charge in [0.1, 0.15) is 12.4 Å². The molecule has 6 nitrogen and oxygen atoms in total. The number of hydrogen-bond acceptors (Lipinski definition) is 4. The first-order valence-corrected chi connectivity index (χ1v) is 6.35. The molecule has 3 aromatic rings. The second kappa shape index (κ2) is 4.81. The summed E-state index contributed by atoms with van der Waals surface area (Å²) in [6.07, 6.45) is 1.86. The van der Waals surface area contributed by atoms with E-state index >= 15 is 0 Å². The highest BCUT2D eigenvalue weighted by Gasteiger charge is 2.10.